The van der Waals surface area contributed by atoms with Crippen molar-refractivity contribution in [3.05, 3.63) is 36.1 Å². The van der Waals surface area contributed by atoms with Crippen molar-refractivity contribution in [1.82, 2.24) is 5.32 Å². The Bertz CT molecular complexity index is 465. The molecule has 2 atom stereocenters. The first-order chi connectivity index (χ1) is 7.76. The Morgan fingerprint density at radius 1 is 1.44 bits per heavy atom. The van der Waals surface area contributed by atoms with Gasteiger partial charge in [0.2, 0.25) is 0 Å². The van der Waals surface area contributed by atoms with Gasteiger partial charge >= 0.3 is 0 Å². The van der Waals surface area contributed by atoms with Gasteiger partial charge in [0.15, 0.2) is 0 Å². The van der Waals surface area contributed by atoms with Gasteiger partial charge in [0.25, 0.3) is 0 Å². The van der Waals surface area contributed by atoms with E-state index in [1.165, 1.54) is 0 Å². The summed E-state index contributed by atoms with van der Waals surface area (Å²) in [5.41, 5.74) is 1.17. The summed E-state index contributed by atoms with van der Waals surface area (Å²) < 4.78 is 19.2. The smallest absolute Gasteiger partial charge is 0.143 e. The number of hydrogen-bond acceptors (Lipinski definition) is 3. The number of fused-ring (bicyclic) bond motifs is 1. The second-order valence-electron chi connectivity index (χ2n) is 3.70. The molecule has 0 amide bonds. The minimum Gasteiger partial charge on any atom is -0.464 e. The molecule has 0 saturated carbocycles. The van der Waals surface area contributed by atoms with Crippen molar-refractivity contribution in [3.8, 4) is 0 Å². The minimum absolute atomic E-state index is 0.242. The van der Waals surface area contributed by atoms with Gasteiger partial charge in [-0.3, -0.25) is 0 Å². The third-order valence-electron chi connectivity index (χ3n) is 2.72. The van der Waals surface area contributed by atoms with Crippen molar-refractivity contribution in [2.45, 2.75) is 12.2 Å². The van der Waals surface area contributed by atoms with Gasteiger partial charge in [0.1, 0.15) is 11.8 Å². The molecule has 0 aliphatic heterocycles. The highest BCUT2D eigenvalue weighted by Gasteiger charge is 2.20. The summed E-state index contributed by atoms with van der Waals surface area (Å²) >= 11 is 0. The number of hydrogen-bond donors (Lipinski definition) is 2. The Balaban J connectivity index is 2.31. The first-order valence-electron chi connectivity index (χ1n) is 5.15. The summed E-state index contributed by atoms with van der Waals surface area (Å²) in [4.78, 5) is 0. The van der Waals surface area contributed by atoms with Gasteiger partial charge < -0.3 is 14.8 Å². The van der Waals surface area contributed by atoms with E-state index in [-0.39, 0.29) is 6.61 Å². The molecule has 2 unspecified atom stereocenters. The van der Waals surface area contributed by atoms with Crippen molar-refractivity contribution in [2.75, 3.05) is 13.7 Å². The molecule has 0 aliphatic rings. The van der Waals surface area contributed by atoms with Crippen LogP contribution in [-0.2, 0) is 0 Å². The molecule has 1 heterocycles. The minimum atomic E-state index is -1.25. The van der Waals surface area contributed by atoms with Crippen molar-refractivity contribution in [3.63, 3.8) is 0 Å². The first-order valence-corrected chi connectivity index (χ1v) is 5.15. The second-order valence-corrected chi connectivity index (χ2v) is 3.70. The number of aliphatic hydroxyl groups is 1. The zero-order valence-electron chi connectivity index (χ0n) is 8.98. The largest absolute Gasteiger partial charge is 0.464 e. The fourth-order valence-corrected chi connectivity index (χ4v) is 1.71. The van der Waals surface area contributed by atoms with E-state index in [2.05, 4.69) is 5.32 Å². The average molecular weight is 223 g/mol. The van der Waals surface area contributed by atoms with Crippen LogP contribution in [0.5, 0.6) is 0 Å². The number of halogens is 1. The molecule has 86 valence electrons. The molecule has 0 spiro atoms. The van der Waals surface area contributed by atoms with Crippen LogP contribution in [0.1, 0.15) is 11.7 Å². The summed E-state index contributed by atoms with van der Waals surface area (Å²) in [6, 6.07) is 6.42. The van der Waals surface area contributed by atoms with E-state index in [0.29, 0.717) is 11.1 Å². The highest BCUT2D eigenvalue weighted by Crippen LogP contribution is 2.25. The zero-order chi connectivity index (χ0) is 11.5. The predicted octanol–water partition coefficient (Wildman–Crippen LogP) is 2.02. The maximum Gasteiger partial charge on any atom is 0.143 e. The standard InChI is InChI=1S/C12H14FNO2/c1-14-10(7-15)12(13)9-3-2-8-4-5-16-11(8)6-9/h2-6,10,12,14-15H,7H2,1H3. The van der Waals surface area contributed by atoms with Crippen molar-refractivity contribution >= 4 is 11.0 Å². The fourth-order valence-electron chi connectivity index (χ4n) is 1.71. The number of benzene rings is 1. The molecular weight excluding hydrogens is 209 g/mol. The van der Waals surface area contributed by atoms with Crippen molar-refractivity contribution < 1.29 is 13.9 Å². The van der Waals surface area contributed by atoms with E-state index in [9.17, 15) is 4.39 Å². The molecule has 0 saturated heterocycles. The van der Waals surface area contributed by atoms with E-state index >= 15 is 0 Å². The van der Waals surface area contributed by atoms with Crippen LogP contribution in [0.2, 0.25) is 0 Å². The molecule has 1 aromatic carbocycles. The molecule has 0 aliphatic carbocycles. The third kappa shape index (κ3) is 1.94. The Labute approximate surface area is 92.9 Å². The van der Waals surface area contributed by atoms with E-state index in [4.69, 9.17) is 9.52 Å². The van der Waals surface area contributed by atoms with E-state index in [1.54, 1.807) is 25.4 Å². The number of nitrogens with one attached hydrogen (secondary N) is 1. The van der Waals surface area contributed by atoms with Gasteiger partial charge in [-0.25, -0.2) is 4.39 Å². The molecule has 1 aromatic heterocycles. The van der Waals surface area contributed by atoms with Crippen LogP contribution in [0.3, 0.4) is 0 Å². The van der Waals surface area contributed by atoms with Crippen LogP contribution < -0.4 is 5.32 Å². The van der Waals surface area contributed by atoms with Crippen molar-refractivity contribution in [1.29, 1.82) is 0 Å². The molecule has 3 nitrogen and oxygen atoms in total. The summed E-state index contributed by atoms with van der Waals surface area (Å²) in [5, 5.41) is 12.7. The number of furan rings is 1. The Hall–Kier alpha value is -1.39. The van der Waals surface area contributed by atoms with E-state index in [0.717, 1.165) is 5.39 Å². The van der Waals surface area contributed by atoms with Gasteiger partial charge in [0.05, 0.1) is 18.9 Å². The maximum atomic E-state index is 14.0. The number of likely N-dealkylation sites (N-methyl/N-ethyl adjacent to an activating group) is 1. The Morgan fingerprint density at radius 3 is 2.94 bits per heavy atom. The molecule has 16 heavy (non-hydrogen) atoms. The van der Waals surface area contributed by atoms with Crippen LogP contribution >= 0.6 is 0 Å². The predicted molar refractivity (Wildman–Crippen MR) is 60.0 cm³/mol. The summed E-state index contributed by atoms with van der Waals surface area (Å²) in [6.45, 7) is -0.242. The zero-order valence-corrected chi connectivity index (χ0v) is 8.98. The topological polar surface area (TPSA) is 45.4 Å². The lowest BCUT2D eigenvalue weighted by Gasteiger charge is -2.18. The van der Waals surface area contributed by atoms with Gasteiger partial charge in [0, 0.05) is 5.39 Å². The highest BCUT2D eigenvalue weighted by atomic mass is 19.1. The lowest BCUT2D eigenvalue weighted by atomic mass is 10.0. The Morgan fingerprint density at radius 2 is 2.25 bits per heavy atom. The third-order valence-corrected chi connectivity index (χ3v) is 2.72. The maximum absolute atomic E-state index is 14.0. The van der Waals surface area contributed by atoms with Crippen LogP contribution in [0, 0.1) is 0 Å². The Kier molecular flexibility index (Phi) is 3.22. The normalized spacial score (nSPS) is 15.2. The fraction of sp³-hybridized carbons (Fsp3) is 0.333. The number of aliphatic hydroxyl groups excluding tert-OH is 1. The van der Waals surface area contributed by atoms with Crippen molar-refractivity contribution in [2.24, 2.45) is 0 Å². The lowest BCUT2D eigenvalue weighted by Crippen LogP contribution is -2.33. The first kappa shape index (κ1) is 11.1. The van der Waals surface area contributed by atoms with Crippen LogP contribution in [0.15, 0.2) is 34.9 Å². The summed E-state index contributed by atoms with van der Waals surface area (Å²) in [5.74, 6) is 0. The van der Waals surface area contributed by atoms with Crippen LogP contribution in [-0.4, -0.2) is 24.8 Å². The average Bonchev–Trinajstić information content (AvgIpc) is 2.77. The molecule has 0 fully saturated rings. The molecule has 0 radical (unpaired) electrons. The summed E-state index contributed by atoms with van der Waals surface area (Å²) in [6.07, 6.45) is 0.327. The monoisotopic (exact) mass is 223 g/mol. The molecule has 2 N–H and O–H groups in total. The van der Waals surface area contributed by atoms with Gasteiger partial charge in [-0.05, 0) is 24.7 Å². The molecular formula is C12H14FNO2. The molecule has 4 heteroatoms. The van der Waals surface area contributed by atoms with Gasteiger partial charge in [-0.1, -0.05) is 12.1 Å². The molecule has 2 rings (SSSR count). The van der Waals surface area contributed by atoms with E-state index < -0.39 is 12.2 Å². The van der Waals surface area contributed by atoms with E-state index in [1.807, 2.05) is 12.1 Å². The highest BCUT2D eigenvalue weighted by molar-refractivity contribution is 5.77. The number of rotatable bonds is 4. The second kappa shape index (κ2) is 4.63. The number of alkyl halides is 1. The quantitative estimate of drug-likeness (QED) is 0.833. The van der Waals surface area contributed by atoms with Gasteiger partial charge in [-0.2, -0.15) is 0 Å². The van der Waals surface area contributed by atoms with Crippen LogP contribution in [0.25, 0.3) is 11.0 Å². The summed E-state index contributed by atoms with van der Waals surface area (Å²) in [7, 11) is 1.62. The van der Waals surface area contributed by atoms with Gasteiger partial charge in [-0.15, -0.1) is 0 Å². The lowest BCUT2D eigenvalue weighted by molar-refractivity contribution is 0.170. The SMILES string of the molecule is CNC(CO)C(F)c1ccc2ccoc2c1. The molecule has 2 aromatic rings. The molecule has 0 bridgehead atoms. The van der Waals surface area contributed by atoms with Crippen LogP contribution in [0.4, 0.5) is 4.39 Å².